The zero-order valence-electron chi connectivity index (χ0n) is 10.8. The Balaban J connectivity index is 4.83. The second-order valence-electron chi connectivity index (χ2n) is 4.11. The number of nitrogens with zero attached hydrogens (tertiary/aromatic N) is 2. The summed E-state index contributed by atoms with van der Waals surface area (Å²) in [5.74, 6) is -1.32. The number of carbonyl (C=O) groups excluding carboxylic acids is 2. The number of amides is 2. The highest BCUT2D eigenvalue weighted by molar-refractivity contribution is 5.87. The number of likely N-dealkylation sites (N-methyl/N-ethyl adjacent to an activating group) is 2. The molecule has 0 rings (SSSR count). The van der Waals surface area contributed by atoms with E-state index in [9.17, 15) is 22.8 Å². The molecular weight excluding hydrogens is 251 g/mol. The number of hydrogen-bond donors (Lipinski definition) is 1. The summed E-state index contributed by atoms with van der Waals surface area (Å²) in [6.45, 7) is -0.583. The maximum absolute atomic E-state index is 12.3. The molecule has 0 saturated heterocycles. The average molecular weight is 269 g/mol. The molecule has 0 spiro atoms. The van der Waals surface area contributed by atoms with E-state index in [1.807, 2.05) is 0 Å². The molecule has 0 saturated carbocycles. The second kappa shape index (κ2) is 6.58. The van der Waals surface area contributed by atoms with Crippen LogP contribution in [0, 0.1) is 0 Å². The third-order valence-corrected chi connectivity index (χ3v) is 2.31. The molecule has 1 atom stereocenters. The van der Waals surface area contributed by atoms with Crippen LogP contribution in [0.15, 0.2) is 0 Å². The third-order valence-electron chi connectivity index (χ3n) is 2.31. The van der Waals surface area contributed by atoms with Gasteiger partial charge in [-0.3, -0.25) is 9.59 Å². The molecular formula is C10H18F3N3O2. The van der Waals surface area contributed by atoms with Crippen LogP contribution in [0.4, 0.5) is 13.2 Å². The number of nitrogens with one attached hydrogen (secondary N) is 1. The molecule has 0 aliphatic rings. The van der Waals surface area contributed by atoms with Crippen LogP contribution in [-0.4, -0.2) is 68.1 Å². The molecule has 0 bridgehead atoms. The fourth-order valence-corrected chi connectivity index (χ4v) is 1.13. The van der Waals surface area contributed by atoms with Crippen molar-refractivity contribution >= 4 is 11.8 Å². The Morgan fingerprint density at radius 2 is 1.78 bits per heavy atom. The van der Waals surface area contributed by atoms with Crippen LogP contribution in [0.3, 0.4) is 0 Å². The molecule has 0 heterocycles. The maximum Gasteiger partial charge on any atom is 0.406 e. The van der Waals surface area contributed by atoms with Gasteiger partial charge in [0, 0.05) is 14.1 Å². The Bertz CT molecular complexity index is 305. The quantitative estimate of drug-likeness (QED) is 0.768. The Morgan fingerprint density at radius 1 is 1.28 bits per heavy atom. The van der Waals surface area contributed by atoms with Gasteiger partial charge in [-0.1, -0.05) is 0 Å². The normalized spacial score (nSPS) is 13.1. The number of halogens is 3. The van der Waals surface area contributed by atoms with Gasteiger partial charge in [-0.25, -0.2) is 0 Å². The summed E-state index contributed by atoms with van der Waals surface area (Å²) in [6, 6.07) is -0.776. The molecule has 0 aliphatic heterocycles. The summed E-state index contributed by atoms with van der Waals surface area (Å²) < 4.78 is 37.0. The SMILES string of the molecule is CNC(C)C(=O)N(CC(=O)N(C)C)CC(F)(F)F. The maximum atomic E-state index is 12.3. The van der Waals surface area contributed by atoms with Gasteiger partial charge in [0.2, 0.25) is 11.8 Å². The molecule has 0 aromatic heterocycles. The summed E-state index contributed by atoms with van der Waals surface area (Å²) in [4.78, 5) is 24.7. The lowest BCUT2D eigenvalue weighted by molar-refractivity contribution is -0.164. The molecule has 2 amide bonds. The van der Waals surface area contributed by atoms with Crippen molar-refractivity contribution in [2.75, 3.05) is 34.2 Å². The average Bonchev–Trinajstić information content (AvgIpc) is 2.23. The Kier molecular flexibility index (Phi) is 6.10. The topological polar surface area (TPSA) is 52.7 Å². The molecule has 1 N–H and O–H groups in total. The zero-order valence-corrected chi connectivity index (χ0v) is 10.8. The van der Waals surface area contributed by atoms with Gasteiger partial charge in [0.1, 0.15) is 13.1 Å². The highest BCUT2D eigenvalue weighted by Crippen LogP contribution is 2.17. The number of rotatable bonds is 5. The Labute approximate surface area is 104 Å². The number of carbonyl (C=O) groups is 2. The molecule has 0 aromatic rings. The van der Waals surface area contributed by atoms with Crippen LogP contribution in [0.25, 0.3) is 0 Å². The molecule has 0 aliphatic carbocycles. The van der Waals surface area contributed by atoms with E-state index < -0.39 is 37.1 Å². The van der Waals surface area contributed by atoms with Gasteiger partial charge in [0.05, 0.1) is 6.04 Å². The van der Waals surface area contributed by atoms with Crippen LogP contribution in [-0.2, 0) is 9.59 Å². The Morgan fingerprint density at radius 3 is 2.11 bits per heavy atom. The first-order chi connectivity index (χ1) is 8.08. The van der Waals surface area contributed by atoms with Gasteiger partial charge < -0.3 is 15.1 Å². The fourth-order valence-electron chi connectivity index (χ4n) is 1.13. The molecule has 8 heteroatoms. The Hall–Kier alpha value is -1.31. The van der Waals surface area contributed by atoms with Crippen LogP contribution in [0.1, 0.15) is 6.92 Å². The van der Waals surface area contributed by atoms with Crippen LogP contribution >= 0.6 is 0 Å². The number of hydrogen-bond acceptors (Lipinski definition) is 3. The highest BCUT2D eigenvalue weighted by Gasteiger charge is 2.35. The van der Waals surface area contributed by atoms with Crippen molar-refractivity contribution in [1.29, 1.82) is 0 Å². The lowest BCUT2D eigenvalue weighted by atomic mass is 10.2. The molecule has 18 heavy (non-hydrogen) atoms. The summed E-state index contributed by atoms with van der Waals surface area (Å²) in [6.07, 6.45) is -4.53. The van der Waals surface area contributed by atoms with Crippen LogP contribution < -0.4 is 5.32 Å². The van der Waals surface area contributed by atoms with Gasteiger partial charge in [-0.15, -0.1) is 0 Å². The van der Waals surface area contributed by atoms with E-state index in [0.717, 1.165) is 4.90 Å². The lowest BCUT2D eigenvalue weighted by Gasteiger charge is -2.27. The van der Waals surface area contributed by atoms with E-state index in [1.165, 1.54) is 28.1 Å². The predicted molar refractivity (Wildman–Crippen MR) is 59.9 cm³/mol. The minimum absolute atomic E-state index is 0.503. The largest absolute Gasteiger partial charge is 0.406 e. The van der Waals surface area contributed by atoms with Crippen molar-refractivity contribution in [2.45, 2.75) is 19.1 Å². The van der Waals surface area contributed by atoms with E-state index in [2.05, 4.69) is 5.32 Å². The van der Waals surface area contributed by atoms with Crippen molar-refractivity contribution in [2.24, 2.45) is 0 Å². The first-order valence-electron chi connectivity index (χ1n) is 5.31. The standard InChI is InChI=1S/C10H18F3N3O2/c1-7(14-2)9(18)16(6-10(11,12)13)5-8(17)15(3)4/h7,14H,5-6H2,1-4H3. The monoisotopic (exact) mass is 269 g/mol. The third kappa shape index (κ3) is 5.85. The summed E-state index contributed by atoms with van der Waals surface area (Å²) in [5, 5.41) is 2.55. The van der Waals surface area contributed by atoms with Gasteiger partial charge >= 0.3 is 6.18 Å². The van der Waals surface area contributed by atoms with Crippen LogP contribution in [0.2, 0.25) is 0 Å². The van der Waals surface area contributed by atoms with E-state index >= 15 is 0 Å². The first-order valence-corrected chi connectivity index (χ1v) is 5.31. The predicted octanol–water partition coefficient (Wildman–Crippen LogP) is 0.0734. The molecule has 1 unspecified atom stereocenters. The van der Waals surface area contributed by atoms with Gasteiger partial charge in [0.15, 0.2) is 0 Å². The summed E-state index contributed by atoms with van der Waals surface area (Å²) in [5.41, 5.74) is 0. The van der Waals surface area contributed by atoms with Crippen molar-refractivity contribution in [3.63, 3.8) is 0 Å². The first kappa shape index (κ1) is 16.7. The van der Waals surface area contributed by atoms with E-state index in [-0.39, 0.29) is 0 Å². The zero-order chi connectivity index (χ0) is 14.5. The van der Waals surface area contributed by atoms with E-state index in [1.54, 1.807) is 0 Å². The molecule has 0 aromatic carbocycles. The van der Waals surface area contributed by atoms with Crippen molar-refractivity contribution in [3.05, 3.63) is 0 Å². The van der Waals surface area contributed by atoms with Crippen LogP contribution in [0.5, 0.6) is 0 Å². The van der Waals surface area contributed by atoms with Gasteiger partial charge in [-0.2, -0.15) is 13.2 Å². The molecule has 106 valence electrons. The molecule has 0 fully saturated rings. The molecule has 5 nitrogen and oxygen atoms in total. The molecule has 0 radical (unpaired) electrons. The fraction of sp³-hybridized carbons (Fsp3) is 0.800. The van der Waals surface area contributed by atoms with Crippen molar-refractivity contribution in [3.8, 4) is 0 Å². The van der Waals surface area contributed by atoms with Gasteiger partial charge in [-0.05, 0) is 14.0 Å². The highest BCUT2D eigenvalue weighted by atomic mass is 19.4. The second-order valence-corrected chi connectivity index (χ2v) is 4.11. The number of alkyl halides is 3. The van der Waals surface area contributed by atoms with Crippen molar-refractivity contribution in [1.82, 2.24) is 15.1 Å². The van der Waals surface area contributed by atoms with E-state index in [4.69, 9.17) is 0 Å². The smallest absolute Gasteiger partial charge is 0.347 e. The lowest BCUT2D eigenvalue weighted by Crippen LogP contribution is -2.50. The minimum Gasteiger partial charge on any atom is -0.347 e. The van der Waals surface area contributed by atoms with Gasteiger partial charge in [0.25, 0.3) is 0 Å². The summed E-state index contributed by atoms with van der Waals surface area (Å²) in [7, 11) is 4.29. The van der Waals surface area contributed by atoms with E-state index in [0.29, 0.717) is 4.90 Å². The summed E-state index contributed by atoms with van der Waals surface area (Å²) >= 11 is 0. The van der Waals surface area contributed by atoms with Crippen molar-refractivity contribution < 1.29 is 22.8 Å². The minimum atomic E-state index is -4.53.